The lowest BCUT2D eigenvalue weighted by atomic mass is 10.1. The van der Waals surface area contributed by atoms with Crippen LogP contribution in [0.2, 0.25) is 0 Å². The molecule has 5 heteroatoms. The quantitative estimate of drug-likeness (QED) is 0.837. The van der Waals surface area contributed by atoms with Gasteiger partial charge >= 0.3 is 0 Å². The van der Waals surface area contributed by atoms with Crippen molar-refractivity contribution in [3.63, 3.8) is 0 Å². The average Bonchev–Trinajstić information content (AvgIpc) is 3.50. The molecule has 0 bridgehead atoms. The van der Waals surface area contributed by atoms with Crippen LogP contribution in [0.5, 0.6) is 5.75 Å². The first-order valence-corrected chi connectivity index (χ1v) is 10.7. The van der Waals surface area contributed by atoms with Crippen LogP contribution >= 0.6 is 11.8 Å². The molecule has 1 aliphatic carbocycles. The van der Waals surface area contributed by atoms with Gasteiger partial charge in [0, 0.05) is 41.9 Å². The molecule has 4 nitrogen and oxygen atoms in total. The summed E-state index contributed by atoms with van der Waals surface area (Å²) in [5, 5.41) is 3.11. The van der Waals surface area contributed by atoms with Gasteiger partial charge in [-0.3, -0.25) is 4.79 Å². The number of rotatable bonds is 5. The van der Waals surface area contributed by atoms with Crippen molar-refractivity contribution in [2.75, 3.05) is 41.9 Å². The molecule has 27 heavy (non-hydrogen) atoms. The smallest absolute Gasteiger partial charge is 0.228 e. The van der Waals surface area contributed by atoms with Gasteiger partial charge in [0.2, 0.25) is 5.91 Å². The fourth-order valence-corrected chi connectivity index (χ4v) is 4.76. The fraction of sp³-hybridized carbons (Fsp3) is 0.409. The summed E-state index contributed by atoms with van der Waals surface area (Å²) in [6.45, 7) is 4.33. The van der Waals surface area contributed by atoms with Gasteiger partial charge in [-0.05, 0) is 60.7 Å². The van der Waals surface area contributed by atoms with E-state index in [0.29, 0.717) is 5.92 Å². The van der Waals surface area contributed by atoms with Crippen LogP contribution in [0.1, 0.15) is 23.5 Å². The first kappa shape index (κ1) is 18.2. The summed E-state index contributed by atoms with van der Waals surface area (Å²) in [6, 6.07) is 14.3. The van der Waals surface area contributed by atoms with Crippen molar-refractivity contribution in [2.45, 2.75) is 19.3 Å². The number of anilines is 2. The van der Waals surface area contributed by atoms with Crippen LogP contribution in [0, 0.1) is 12.8 Å². The van der Waals surface area contributed by atoms with E-state index >= 15 is 0 Å². The maximum atomic E-state index is 12.7. The van der Waals surface area contributed by atoms with Gasteiger partial charge in [-0.25, -0.2) is 0 Å². The molecule has 0 aromatic heterocycles. The van der Waals surface area contributed by atoms with Crippen molar-refractivity contribution in [3.05, 3.63) is 53.6 Å². The minimum Gasteiger partial charge on any atom is -0.497 e. The van der Waals surface area contributed by atoms with Gasteiger partial charge in [0.05, 0.1) is 7.11 Å². The number of hydrogen-bond donors (Lipinski definition) is 1. The molecule has 2 fully saturated rings. The van der Waals surface area contributed by atoms with Crippen LogP contribution in [-0.2, 0) is 4.79 Å². The number of nitrogens with zero attached hydrogens (tertiary/aromatic N) is 1. The Labute approximate surface area is 165 Å². The lowest BCUT2D eigenvalue weighted by molar-refractivity contribution is -0.117. The first-order valence-electron chi connectivity index (χ1n) is 9.54. The molecule has 0 unspecified atom stereocenters. The first-order chi connectivity index (χ1) is 13.2. The molecular formula is C22H26N2O2S. The van der Waals surface area contributed by atoms with Crippen LogP contribution in [0.3, 0.4) is 0 Å². The predicted octanol–water partition coefficient (Wildman–Crippen LogP) is 4.30. The summed E-state index contributed by atoms with van der Waals surface area (Å²) in [4.78, 5) is 15.1. The normalized spacial score (nSPS) is 21.6. The van der Waals surface area contributed by atoms with Crippen LogP contribution in [-0.4, -0.2) is 37.6 Å². The Morgan fingerprint density at radius 3 is 2.74 bits per heavy atom. The zero-order chi connectivity index (χ0) is 18.8. The highest BCUT2D eigenvalue weighted by Gasteiger charge is 2.44. The molecule has 2 aliphatic rings. The topological polar surface area (TPSA) is 41.6 Å². The molecule has 2 aromatic rings. The van der Waals surface area contributed by atoms with Crippen LogP contribution < -0.4 is 15.0 Å². The number of amides is 1. The molecule has 1 saturated heterocycles. The molecule has 142 valence electrons. The predicted molar refractivity (Wildman–Crippen MR) is 113 cm³/mol. The van der Waals surface area contributed by atoms with Crippen molar-refractivity contribution in [3.8, 4) is 5.75 Å². The summed E-state index contributed by atoms with van der Waals surface area (Å²) in [5.41, 5.74) is 4.58. The number of carbonyl (C=O) groups excluding carboxylic acids is 1. The van der Waals surface area contributed by atoms with E-state index in [4.69, 9.17) is 4.74 Å². The molecule has 2 aromatic carbocycles. The molecular weight excluding hydrogens is 356 g/mol. The number of benzene rings is 2. The second-order valence-corrected chi connectivity index (χ2v) is 8.54. The van der Waals surface area contributed by atoms with E-state index in [-0.39, 0.29) is 11.8 Å². The highest BCUT2D eigenvalue weighted by Crippen LogP contribution is 2.48. The van der Waals surface area contributed by atoms with Gasteiger partial charge in [0.1, 0.15) is 5.75 Å². The summed E-state index contributed by atoms with van der Waals surface area (Å²) in [7, 11) is 1.67. The summed E-state index contributed by atoms with van der Waals surface area (Å²) >= 11 is 2.01. The monoisotopic (exact) mass is 382 g/mol. The lowest BCUT2D eigenvalue weighted by Gasteiger charge is -2.30. The van der Waals surface area contributed by atoms with E-state index in [0.717, 1.165) is 30.9 Å². The molecule has 1 amide bonds. The maximum Gasteiger partial charge on any atom is 0.228 e. The average molecular weight is 383 g/mol. The van der Waals surface area contributed by atoms with Crippen molar-refractivity contribution >= 4 is 29.0 Å². The Hall–Kier alpha value is -2.14. The minimum absolute atomic E-state index is 0.0520. The fourth-order valence-electron chi connectivity index (χ4n) is 3.85. The van der Waals surface area contributed by atoms with Crippen LogP contribution in [0.4, 0.5) is 11.4 Å². The van der Waals surface area contributed by atoms with Crippen molar-refractivity contribution in [1.82, 2.24) is 0 Å². The summed E-state index contributed by atoms with van der Waals surface area (Å²) < 4.78 is 5.29. The van der Waals surface area contributed by atoms with Gasteiger partial charge in [-0.15, -0.1) is 0 Å². The Morgan fingerprint density at radius 1 is 1.19 bits per heavy atom. The lowest BCUT2D eigenvalue weighted by Crippen LogP contribution is -2.32. The van der Waals surface area contributed by atoms with E-state index in [1.807, 2.05) is 36.0 Å². The third-order valence-electron chi connectivity index (χ3n) is 5.47. The van der Waals surface area contributed by atoms with Crippen molar-refractivity contribution in [2.24, 2.45) is 5.92 Å². The molecule has 1 heterocycles. The number of methoxy groups -OCH3 is 1. The molecule has 1 aliphatic heterocycles. The molecule has 1 N–H and O–H groups in total. The third kappa shape index (κ3) is 4.08. The second kappa shape index (κ2) is 7.85. The minimum atomic E-state index is 0.0520. The SMILES string of the molecule is COc1cccc([C@H]2C[C@H]2C(=O)Nc2ccc(N3CCSCC3)c(C)c2)c1. The Balaban J connectivity index is 1.39. The Bertz CT molecular complexity index is 833. The van der Waals surface area contributed by atoms with Gasteiger partial charge in [0.25, 0.3) is 0 Å². The second-order valence-electron chi connectivity index (χ2n) is 7.32. The largest absolute Gasteiger partial charge is 0.497 e. The molecule has 0 radical (unpaired) electrons. The third-order valence-corrected chi connectivity index (χ3v) is 6.41. The molecule has 2 atom stereocenters. The molecule has 1 saturated carbocycles. The number of carbonyl (C=O) groups is 1. The van der Waals surface area contributed by atoms with Gasteiger partial charge < -0.3 is 15.0 Å². The highest BCUT2D eigenvalue weighted by molar-refractivity contribution is 7.99. The number of hydrogen-bond acceptors (Lipinski definition) is 4. The van der Waals surface area contributed by atoms with E-state index in [1.54, 1.807) is 7.11 Å². The summed E-state index contributed by atoms with van der Waals surface area (Å²) in [6.07, 6.45) is 0.904. The van der Waals surface area contributed by atoms with E-state index in [2.05, 4.69) is 35.3 Å². The van der Waals surface area contributed by atoms with Gasteiger partial charge in [0.15, 0.2) is 0 Å². The van der Waals surface area contributed by atoms with Gasteiger partial charge in [-0.2, -0.15) is 11.8 Å². The zero-order valence-corrected chi connectivity index (χ0v) is 16.7. The maximum absolute atomic E-state index is 12.7. The number of nitrogens with one attached hydrogen (secondary N) is 1. The summed E-state index contributed by atoms with van der Waals surface area (Å²) in [5.74, 6) is 3.68. The number of thioether (sulfide) groups is 1. The standard InChI is InChI=1S/C22H26N2O2S/c1-15-12-17(6-7-21(15)24-8-10-27-11-9-24)23-22(25)20-14-19(20)16-4-3-5-18(13-16)26-2/h3-7,12-13,19-20H,8-11,14H2,1-2H3,(H,23,25)/t19-,20-/m1/s1. The Morgan fingerprint density at radius 2 is 2.00 bits per heavy atom. The van der Waals surface area contributed by atoms with E-state index in [1.165, 1.54) is 28.3 Å². The molecule has 0 spiro atoms. The molecule has 4 rings (SSSR count). The van der Waals surface area contributed by atoms with Crippen LogP contribution in [0.15, 0.2) is 42.5 Å². The highest BCUT2D eigenvalue weighted by atomic mass is 32.2. The van der Waals surface area contributed by atoms with E-state index < -0.39 is 0 Å². The Kier molecular flexibility index (Phi) is 5.30. The number of ether oxygens (including phenoxy) is 1. The zero-order valence-electron chi connectivity index (χ0n) is 15.9. The van der Waals surface area contributed by atoms with E-state index in [9.17, 15) is 4.79 Å². The van der Waals surface area contributed by atoms with Gasteiger partial charge in [-0.1, -0.05) is 12.1 Å². The number of aryl methyl sites for hydroxylation is 1. The van der Waals surface area contributed by atoms with Crippen molar-refractivity contribution in [1.29, 1.82) is 0 Å². The van der Waals surface area contributed by atoms with Crippen LogP contribution in [0.25, 0.3) is 0 Å². The van der Waals surface area contributed by atoms with Crippen molar-refractivity contribution < 1.29 is 9.53 Å².